The van der Waals surface area contributed by atoms with E-state index in [1.54, 1.807) is 25.1 Å². The molecule has 0 spiro atoms. The Morgan fingerprint density at radius 2 is 2.10 bits per heavy atom. The van der Waals surface area contributed by atoms with E-state index in [1.165, 1.54) is 11.8 Å². The predicted molar refractivity (Wildman–Crippen MR) is 82.6 cm³/mol. The fraction of sp³-hybridized carbons (Fsp3) is 0.462. The third kappa shape index (κ3) is 5.05. The molecule has 0 aliphatic heterocycles. The zero-order valence-corrected chi connectivity index (χ0v) is 13.3. The van der Waals surface area contributed by atoms with E-state index < -0.39 is 15.8 Å². The van der Waals surface area contributed by atoms with Crippen molar-refractivity contribution in [2.75, 3.05) is 23.1 Å². The molecule has 0 heterocycles. The fourth-order valence-corrected chi connectivity index (χ4v) is 3.73. The molecule has 0 aliphatic carbocycles. The SMILES string of the molecule is CCSc1cccc(NC(C)CS(C)(=O)=O)c1C(=O)O. The fourth-order valence-electron chi connectivity index (χ4n) is 1.91. The van der Waals surface area contributed by atoms with Crippen LogP contribution >= 0.6 is 11.8 Å². The molecule has 1 aromatic carbocycles. The van der Waals surface area contributed by atoms with Crippen LogP contribution in [0.25, 0.3) is 0 Å². The summed E-state index contributed by atoms with van der Waals surface area (Å²) in [5, 5.41) is 12.3. The number of rotatable bonds is 7. The molecule has 2 N–H and O–H groups in total. The second-order valence-corrected chi connectivity index (χ2v) is 8.05. The third-order valence-corrected chi connectivity index (χ3v) is 4.54. The van der Waals surface area contributed by atoms with Crippen LogP contribution < -0.4 is 5.32 Å². The normalized spacial score (nSPS) is 12.9. The van der Waals surface area contributed by atoms with Crippen molar-refractivity contribution in [1.82, 2.24) is 0 Å². The Labute approximate surface area is 123 Å². The van der Waals surface area contributed by atoms with Gasteiger partial charge in [0.2, 0.25) is 0 Å². The second kappa shape index (κ2) is 6.99. The molecular formula is C13H19NO4S2. The minimum absolute atomic E-state index is 0.0444. The number of thioether (sulfide) groups is 1. The van der Waals surface area contributed by atoms with Gasteiger partial charge in [-0.3, -0.25) is 0 Å². The molecule has 7 heteroatoms. The molecule has 1 unspecified atom stereocenters. The van der Waals surface area contributed by atoms with Gasteiger partial charge in [0.25, 0.3) is 0 Å². The van der Waals surface area contributed by atoms with E-state index in [0.29, 0.717) is 10.6 Å². The van der Waals surface area contributed by atoms with Gasteiger partial charge in [-0.25, -0.2) is 13.2 Å². The van der Waals surface area contributed by atoms with E-state index in [-0.39, 0.29) is 17.4 Å². The van der Waals surface area contributed by atoms with Gasteiger partial charge in [0, 0.05) is 17.2 Å². The van der Waals surface area contributed by atoms with Crippen LogP contribution in [0.2, 0.25) is 0 Å². The Morgan fingerprint density at radius 1 is 1.45 bits per heavy atom. The monoisotopic (exact) mass is 317 g/mol. The summed E-state index contributed by atoms with van der Waals surface area (Å²) in [6.45, 7) is 3.66. The van der Waals surface area contributed by atoms with Crippen molar-refractivity contribution < 1.29 is 18.3 Å². The van der Waals surface area contributed by atoms with E-state index in [0.717, 1.165) is 12.0 Å². The largest absolute Gasteiger partial charge is 0.478 e. The Bertz CT molecular complexity index is 584. The van der Waals surface area contributed by atoms with E-state index in [4.69, 9.17) is 0 Å². The zero-order valence-electron chi connectivity index (χ0n) is 11.7. The first-order valence-electron chi connectivity index (χ1n) is 6.18. The molecule has 0 saturated heterocycles. The minimum atomic E-state index is -3.11. The lowest BCUT2D eigenvalue weighted by molar-refractivity contribution is 0.0694. The van der Waals surface area contributed by atoms with Crippen LogP contribution in [0, 0.1) is 0 Å². The van der Waals surface area contributed by atoms with Crippen LogP contribution in [0.1, 0.15) is 24.2 Å². The number of sulfone groups is 1. The van der Waals surface area contributed by atoms with Crippen LogP contribution in [0.4, 0.5) is 5.69 Å². The summed E-state index contributed by atoms with van der Waals surface area (Å²) in [4.78, 5) is 12.1. The smallest absolute Gasteiger partial charge is 0.338 e. The Balaban J connectivity index is 3.05. The first kappa shape index (κ1) is 16.8. The van der Waals surface area contributed by atoms with Crippen LogP contribution in [-0.4, -0.2) is 43.3 Å². The summed E-state index contributed by atoms with van der Waals surface area (Å²) in [5.41, 5.74) is 0.645. The van der Waals surface area contributed by atoms with Crippen molar-refractivity contribution in [3.8, 4) is 0 Å². The third-order valence-electron chi connectivity index (χ3n) is 2.49. The predicted octanol–water partition coefficient (Wildman–Crippen LogP) is 2.34. The van der Waals surface area contributed by atoms with Crippen LogP contribution in [0.5, 0.6) is 0 Å². The van der Waals surface area contributed by atoms with Crippen molar-refractivity contribution >= 4 is 33.3 Å². The highest BCUT2D eigenvalue weighted by Gasteiger charge is 2.18. The maximum Gasteiger partial charge on any atom is 0.338 e. The standard InChI is InChI=1S/C13H19NO4S2/c1-4-19-11-7-5-6-10(12(11)13(15)16)14-9(2)8-20(3,17)18/h5-7,9,14H,4,8H2,1-3H3,(H,15,16). The number of anilines is 1. The highest BCUT2D eigenvalue weighted by molar-refractivity contribution is 7.99. The average Bonchev–Trinajstić information content (AvgIpc) is 2.26. The Hall–Kier alpha value is -1.21. The van der Waals surface area contributed by atoms with E-state index in [9.17, 15) is 18.3 Å². The summed E-state index contributed by atoms with van der Waals surface area (Å²) in [6, 6.07) is 4.82. The number of nitrogens with one attached hydrogen (secondary N) is 1. The Morgan fingerprint density at radius 3 is 2.60 bits per heavy atom. The number of benzene rings is 1. The van der Waals surface area contributed by atoms with Gasteiger partial charge in [0.1, 0.15) is 9.84 Å². The quantitative estimate of drug-likeness (QED) is 0.751. The number of carboxylic acid groups (broad SMARTS) is 1. The van der Waals surface area contributed by atoms with Crippen LogP contribution in [0.3, 0.4) is 0 Å². The van der Waals surface area contributed by atoms with E-state index in [2.05, 4.69) is 5.32 Å². The molecule has 1 atom stereocenters. The Kier molecular flexibility index (Phi) is 5.88. The lowest BCUT2D eigenvalue weighted by atomic mass is 10.1. The summed E-state index contributed by atoms with van der Waals surface area (Å²) in [5.74, 6) is -0.296. The lowest BCUT2D eigenvalue weighted by Gasteiger charge is -2.17. The van der Waals surface area contributed by atoms with Gasteiger partial charge in [0.15, 0.2) is 0 Å². The summed E-state index contributed by atoms with van der Waals surface area (Å²) >= 11 is 1.45. The summed E-state index contributed by atoms with van der Waals surface area (Å²) in [6.07, 6.45) is 1.16. The number of hydrogen-bond acceptors (Lipinski definition) is 5. The molecule has 0 radical (unpaired) electrons. The lowest BCUT2D eigenvalue weighted by Crippen LogP contribution is -2.26. The van der Waals surface area contributed by atoms with Crippen molar-refractivity contribution in [3.63, 3.8) is 0 Å². The molecule has 0 amide bonds. The van der Waals surface area contributed by atoms with Gasteiger partial charge in [-0.05, 0) is 24.8 Å². The highest BCUT2D eigenvalue weighted by Crippen LogP contribution is 2.29. The molecule has 112 valence electrons. The molecule has 0 saturated carbocycles. The summed E-state index contributed by atoms with van der Waals surface area (Å²) in [7, 11) is -3.11. The molecule has 0 bridgehead atoms. The zero-order chi connectivity index (χ0) is 15.3. The average molecular weight is 317 g/mol. The van der Waals surface area contributed by atoms with Crippen LogP contribution in [-0.2, 0) is 9.84 Å². The van der Waals surface area contributed by atoms with Crippen molar-refractivity contribution in [2.24, 2.45) is 0 Å². The summed E-state index contributed by atoms with van der Waals surface area (Å²) < 4.78 is 22.5. The first-order chi connectivity index (χ1) is 9.24. The molecule has 0 aliphatic rings. The van der Waals surface area contributed by atoms with E-state index in [1.807, 2.05) is 6.92 Å². The second-order valence-electron chi connectivity index (χ2n) is 4.55. The van der Waals surface area contributed by atoms with Gasteiger partial charge in [0.05, 0.1) is 17.0 Å². The van der Waals surface area contributed by atoms with Gasteiger partial charge in [-0.1, -0.05) is 13.0 Å². The van der Waals surface area contributed by atoms with E-state index >= 15 is 0 Å². The van der Waals surface area contributed by atoms with Gasteiger partial charge in [-0.15, -0.1) is 11.8 Å². The maximum atomic E-state index is 11.4. The van der Waals surface area contributed by atoms with Gasteiger partial charge >= 0.3 is 5.97 Å². The molecule has 0 fully saturated rings. The van der Waals surface area contributed by atoms with Crippen molar-refractivity contribution in [2.45, 2.75) is 24.8 Å². The number of carbonyl (C=O) groups is 1. The highest BCUT2D eigenvalue weighted by atomic mass is 32.2. The molecule has 1 rings (SSSR count). The van der Waals surface area contributed by atoms with Gasteiger partial charge in [-0.2, -0.15) is 0 Å². The number of aromatic carboxylic acids is 1. The molecule has 20 heavy (non-hydrogen) atoms. The van der Waals surface area contributed by atoms with Gasteiger partial charge < -0.3 is 10.4 Å². The number of hydrogen-bond donors (Lipinski definition) is 2. The maximum absolute atomic E-state index is 11.4. The minimum Gasteiger partial charge on any atom is -0.478 e. The van der Waals surface area contributed by atoms with Crippen LogP contribution in [0.15, 0.2) is 23.1 Å². The van der Waals surface area contributed by atoms with Crippen molar-refractivity contribution in [1.29, 1.82) is 0 Å². The molecule has 0 aromatic heterocycles. The number of carboxylic acids is 1. The molecular weight excluding hydrogens is 298 g/mol. The first-order valence-corrected chi connectivity index (χ1v) is 9.22. The molecule has 5 nitrogen and oxygen atoms in total. The topological polar surface area (TPSA) is 83.5 Å². The van der Waals surface area contributed by atoms with Crippen molar-refractivity contribution in [3.05, 3.63) is 23.8 Å². The molecule has 1 aromatic rings.